The van der Waals surface area contributed by atoms with E-state index in [2.05, 4.69) is 37.3 Å². The molecule has 6 heteroatoms. The van der Waals surface area contributed by atoms with Crippen LogP contribution in [-0.2, 0) is 28.5 Å². The highest BCUT2D eigenvalue weighted by molar-refractivity contribution is 5.69. The minimum absolute atomic E-state index is 0.0719. The standard InChI is InChI=1S/C32H50O6/c1-3-4-5-13-26(37-31-15-8-10-19-35-31)17-18-27-28-22-24(12-6-7-14-30(33)34-2)21-25(28)23-29(27)38-32-16-9-11-20-36-32/h6,12,17-18,21,25-29,31-32H,3-5,7-11,13-16,19-20,22-23H2,1-2H3/b12-6?,18-17-/t25-,26-,27-,28-,29+,31?,32?/m0/s1. The maximum Gasteiger partial charge on any atom is 0.305 e. The summed E-state index contributed by atoms with van der Waals surface area (Å²) >= 11 is 0. The van der Waals surface area contributed by atoms with Gasteiger partial charge in [0.05, 0.1) is 19.3 Å². The highest BCUT2D eigenvalue weighted by Gasteiger charge is 2.45. The van der Waals surface area contributed by atoms with Gasteiger partial charge in [-0.05, 0) is 76.0 Å². The lowest BCUT2D eigenvalue weighted by Gasteiger charge is -2.30. The third-order valence-electron chi connectivity index (χ3n) is 8.52. The van der Waals surface area contributed by atoms with E-state index in [1.807, 2.05) is 0 Å². The van der Waals surface area contributed by atoms with E-state index < -0.39 is 0 Å². The Labute approximate surface area is 230 Å². The number of esters is 1. The molecule has 2 unspecified atom stereocenters. The van der Waals surface area contributed by atoms with Crippen LogP contribution in [0.15, 0.2) is 36.0 Å². The van der Waals surface area contributed by atoms with Gasteiger partial charge in [0.2, 0.25) is 0 Å². The number of unbranched alkanes of at least 4 members (excludes halogenated alkanes) is 2. The third kappa shape index (κ3) is 9.04. The van der Waals surface area contributed by atoms with E-state index in [1.54, 1.807) is 0 Å². The van der Waals surface area contributed by atoms with Crippen molar-refractivity contribution in [3.8, 4) is 0 Å². The second-order valence-electron chi connectivity index (χ2n) is 11.4. The summed E-state index contributed by atoms with van der Waals surface area (Å²) in [5, 5.41) is 0. The molecule has 3 fully saturated rings. The molecule has 0 amide bonds. The lowest BCUT2D eigenvalue weighted by atomic mass is 9.88. The molecule has 7 atom stereocenters. The van der Waals surface area contributed by atoms with E-state index in [-0.39, 0.29) is 30.8 Å². The maximum atomic E-state index is 11.4. The summed E-state index contributed by atoms with van der Waals surface area (Å²) in [6, 6.07) is 0. The van der Waals surface area contributed by atoms with E-state index in [0.29, 0.717) is 30.6 Å². The molecule has 0 N–H and O–H groups in total. The van der Waals surface area contributed by atoms with Crippen LogP contribution in [0.5, 0.6) is 0 Å². The van der Waals surface area contributed by atoms with Gasteiger partial charge in [-0.2, -0.15) is 0 Å². The number of hydrogen-bond donors (Lipinski definition) is 0. The molecule has 0 bridgehead atoms. The van der Waals surface area contributed by atoms with Crippen molar-refractivity contribution in [3.63, 3.8) is 0 Å². The van der Waals surface area contributed by atoms with Gasteiger partial charge < -0.3 is 23.7 Å². The summed E-state index contributed by atoms with van der Waals surface area (Å²) in [5.41, 5.74) is 1.38. The van der Waals surface area contributed by atoms with Crippen molar-refractivity contribution in [3.05, 3.63) is 36.0 Å². The molecule has 2 heterocycles. The molecule has 0 aromatic heterocycles. The predicted octanol–water partition coefficient (Wildman–Crippen LogP) is 7.04. The molecule has 4 rings (SSSR count). The molecule has 2 aliphatic carbocycles. The van der Waals surface area contributed by atoms with Crippen molar-refractivity contribution >= 4 is 5.97 Å². The highest BCUT2D eigenvalue weighted by Crippen LogP contribution is 2.49. The number of hydrogen-bond acceptors (Lipinski definition) is 6. The Morgan fingerprint density at radius 2 is 1.89 bits per heavy atom. The monoisotopic (exact) mass is 530 g/mol. The number of methoxy groups -OCH3 is 1. The van der Waals surface area contributed by atoms with E-state index in [4.69, 9.17) is 23.7 Å². The Balaban J connectivity index is 1.42. The first-order valence-electron chi connectivity index (χ1n) is 15.3. The minimum Gasteiger partial charge on any atom is -0.469 e. The zero-order valence-electron chi connectivity index (χ0n) is 23.7. The fourth-order valence-electron chi connectivity index (χ4n) is 6.41. The van der Waals surface area contributed by atoms with E-state index in [0.717, 1.165) is 58.2 Å². The first-order valence-corrected chi connectivity index (χ1v) is 15.3. The summed E-state index contributed by atoms with van der Waals surface area (Å²) in [7, 11) is 1.44. The van der Waals surface area contributed by atoms with Crippen LogP contribution in [0.3, 0.4) is 0 Å². The Hall–Kier alpha value is -1.47. The van der Waals surface area contributed by atoms with Gasteiger partial charge in [0.1, 0.15) is 0 Å². The fourth-order valence-corrected chi connectivity index (χ4v) is 6.41. The zero-order chi connectivity index (χ0) is 26.6. The van der Waals surface area contributed by atoms with Gasteiger partial charge in [0.25, 0.3) is 0 Å². The SMILES string of the molecule is CCCCC[C@@H](/C=C\[C@H]1[C@H]2CC(C=CCCC(=O)OC)=C[C@H]2C[C@H]1OC1CCCCO1)OC1CCCCO1. The molecule has 0 radical (unpaired) electrons. The Bertz CT molecular complexity index is 792. The van der Waals surface area contributed by atoms with Crippen molar-refractivity contribution in [2.75, 3.05) is 20.3 Å². The van der Waals surface area contributed by atoms with Crippen molar-refractivity contribution in [2.45, 2.75) is 122 Å². The van der Waals surface area contributed by atoms with Gasteiger partial charge in [0.15, 0.2) is 12.6 Å². The molecule has 0 spiro atoms. The van der Waals surface area contributed by atoms with Gasteiger partial charge in [-0.3, -0.25) is 4.79 Å². The molecule has 0 aromatic carbocycles. The molecular formula is C32H50O6. The minimum atomic E-state index is -0.156. The van der Waals surface area contributed by atoms with Gasteiger partial charge >= 0.3 is 5.97 Å². The zero-order valence-corrected chi connectivity index (χ0v) is 23.7. The highest BCUT2D eigenvalue weighted by atomic mass is 16.7. The second-order valence-corrected chi connectivity index (χ2v) is 11.4. The third-order valence-corrected chi connectivity index (χ3v) is 8.52. The molecule has 6 nitrogen and oxygen atoms in total. The largest absolute Gasteiger partial charge is 0.469 e. The Morgan fingerprint density at radius 3 is 2.61 bits per heavy atom. The maximum absolute atomic E-state index is 11.4. The summed E-state index contributed by atoms with van der Waals surface area (Å²) < 4.78 is 29.7. The van der Waals surface area contributed by atoms with Crippen LogP contribution >= 0.6 is 0 Å². The van der Waals surface area contributed by atoms with Crippen LogP contribution in [-0.4, -0.2) is 51.1 Å². The van der Waals surface area contributed by atoms with Crippen molar-refractivity contribution < 1.29 is 28.5 Å². The lowest BCUT2D eigenvalue weighted by Crippen LogP contribution is -2.31. The first kappa shape index (κ1) is 29.5. The molecule has 1 saturated carbocycles. The first-order chi connectivity index (χ1) is 18.7. The lowest BCUT2D eigenvalue weighted by molar-refractivity contribution is -0.193. The van der Waals surface area contributed by atoms with Crippen LogP contribution in [0.4, 0.5) is 0 Å². The second kappa shape index (κ2) is 16.0. The summed E-state index contributed by atoms with van der Waals surface area (Å²) in [6.45, 7) is 3.86. The number of carbonyl (C=O) groups excluding carboxylic acids is 1. The van der Waals surface area contributed by atoms with Gasteiger partial charge in [-0.1, -0.05) is 62.1 Å². The number of ether oxygens (including phenoxy) is 5. The number of allylic oxidation sites excluding steroid dienone is 4. The van der Waals surface area contributed by atoms with E-state index >= 15 is 0 Å². The number of carbonyl (C=O) groups is 1. The molecule has 214 valence electrons. The fraction of sp³-hybridized carbons (Fsp3) is 0.781. The van der Waals surface area contributed by atoms with E-state index in [9.17, 15) is 4.79 Å². The molecule has 2 saturated heterocycles. The molecular weight excluding hydrogens is 480 g/mol. The van der Waals surface area contributed by atoms with Crippen LogP contribution in [0.25, 0.3) is 0 Å². The topological polar surface area (TPSA) is 63.2 Å². The van der Waals surface area contributed by atoms with Crippen LogP contribution in [0.1, 0.15) is 96.8 Å². The molecule has 0 aromatic rings. The molecule has 4 aliphatic rings. The number of fused-ring (bicyclic) bond motifs is 1. The predicted molar refractivity (Wildman–Crippen MR) is 148 cm³/mol. The molecule has 38 heavy (non-hydrogen) atoms. The van der Waals surface area contributed by atoms with E-state index in [1.165, 1.54) is 44.8 Å². The van der Waals surface area contributed by atoms with Crippen molar-refractivity contribution in [1.29, 1.82) is 0 Å². The van der Waals surface area contributed by atoms with Gasteiger partial charge in [0, 0.05) is 25.6 Å². The smallest absolute Gasteiger partial charge is 0.305 e. The average Bonchev–Trinajstić information content (AvgIpc) is 3.47. The van der Waals surface area contributed by atoms with Gasteiger partial charge in [-0.15, -0.1) is 0 Å². The quantitative estimate of drug-likeness (QED) is 0.136. The number of rotatable bonds is 14. The Morgan fingerprint density at radius 1 is 1.11 bits per heavy atom. The van der Waals surface area contributed by atoms with Crippen molar-refractivity contribution in [2.24, 2.45) is 17.8 Å². The summed E-state index contributed by atoms with van der Waals surface area (Å²) in [5.74, 6) is 1.23. The van der Waals surface area contributed by atoms with Gasteiger partial charge in [-0.25, -0.2) is 0 Å². The Kier molecular flexibility index (Phi) is 12.4. The average molecular weight is 531 g/mol. The van der Waals surface area contributed by atoms with Crippen LogP contribution in [0, 0.1) is 17.8 Å². The normalized spacial score (nSPS) is 32.5. The summed E-state index contributed by atoms with van der Waals surface area (Å²) in [6.07, 6.45) is 26.1. The van der Waals surface area contributed by atoms with Crippen LogP contribution < -0.4 is 0 Å². The molecule has 2 aliphatic heterocycles. The summed E-state index contributed by atoms with van der Waals surface area (Å²) in [4.78, 5) is 11.4. The van der Waals surface area contributed by atoms with Crippen LogP contribution in [0.2, 0.25) is 0 Å². The van der Waals surface area contributed by atoms with Crippen molar-refractivity contribution in [1.82, 2.24) is 0 Å².